The molecule has 5 nitrogen and oxygen atoms in total. The van der Waals surface area contributed by atoms with Gasteiger partial charge in [-0.25, -0.2) is 0 Å². The minimum atomic E-state index is 0.183. The normalized spacial score (nSPS) is 14.8. The molecule has 0 spiro atoms. The van der Waals surface area contributed by atoms with E-state index in [-0.39, 0.29) is 5.91 Å². The van der Waals surface area contributed by atoms with Gasteiger partial charge in [0, 0.05) is 24.3 Å². The summed E-state index contributed by atoms with van der Waals surface area (Å²) in [5.41, 5.74) is 4.42. The first-order valence-electron chi connectivity index (χ1n) is 10.5. The van der Waals surface area contributed by atoms with E-state index in [1.165, 1.54) is 22.9 Å². The second kappa shape index (κ2) is 9.04. The minimum absolute atomic E-state index is 0.183. The SMILES string of the molecule is Cc1ccc(-c2nnc(SCC(=O)N3CCC(C)CC3)n2-c2ccc(C)cc2)cc1. The third-order valence-electron chi connectivity index (χ3n) is 5.70. The van der Waals surface area contributed by atoms with Crippen LogP contribution in [0.1, 0.15) is 30.9 Å². The monoisotopic (exact) mass is 420 g/mol. The minimum Gasteiger partial charge on any atom is -0.342 e. The Morgan fingerprint density at radius 3 is 2.20 bits per heavy atom. The molecule has 0 radical (unpaired) electrons. The highest BCUT2D eigenvalue weighted by molar-refractivity contribution is 7.99. The van der Waals surface area contributed by atoms with Crippen LogP contribution in [0.4, 0.5) is 0 Å². The van der Waals surface area contributed by atoms with Gasteiger partial charge >= 0.3 is 0 Å². The van der Waals surface area contributed by atoms with Crippen molar-refractivity contribution in [3.05, 3.63) is 59.7 Å². The number of hydrogen-bond donors (Lipinski definition) is 0. The second-order valence-electron chi connectivity index (χ2n) is 8.20. The number of benzene rings is 2. The van der Waals surface area contributed by atoms with Crippen LogP contribution in [0.2, 0.25) is 0 Å². The lowest BCUT2D eigenvalue weighted by atomic mass is 9.99. The predicted octanol–water partition coefficient (Wildman–Crippen LogP) is 4.90. The van der Waals surface area contributed by atoms with Gasteiger partial charge < -0.3 is 4.90 Å². The fraction of sp³-hybridized carbons (Fsp3) is 0.375. The molecule has 1 aliphatic heterocycles. The number of thioether (sulfide) groups is 1. The molecule has 2 aromatic carbocycles. The van der Waals surface area contributed by atoms with Crippen molar-refractivity contribution in [3.8, 4) is 17.1 Å². The van der Waals surface area contributed by atoms with Crippen LogP contribution in [-0.4, -0.2) is 44.4 Å². The molecule has 0 unspecified atom stereocenters. The molecule has 30 heavy (non-hydrogen) atoms. The van der Waals surface area contributed by atoms with Gasteiger partial charge in [0.05, 0.1) is 5.75 Å². The fourth-order valence-corrected chi connectivity index (χ4v) is 4.51. The number of rotatable bonds is 5. The van der Waals surface area contributed by atoms with Gasteiger partial charge in [-0.2, -0.15) is 0 Å². The Balaban J connectivity index is 1.60. The topological polar surface area (TPSA) is 51.0 Å². The maximum Gasteiger partial charge on any atom is 0.233 e. The highest BCUT2D eigenvalue weighted by Crippen LogP contribution is 2.29. The Morgan fingerprint density at radius 1 is 0.967 bits per heavy atom. The lowest BCUT2D eigenvalue weighted by Crippen LogP contribution is -2.38. The van der Waals surface area contributed by atoms with Gasteiger partial charge in [0.15, 0.2) is 11.0 Å². The fourth-order valence-electron chi connectivity index (χ4n) is 3.66. The third-order valence-corrected chi connectivity index (χ3v) is 6.61. The van der Waals surface area contributed by atoms with Gasteiger partial charge in [-0.05, 0) is 44.7 Å². The van der Waals surface area contributed by atoms with Gasteiger partial charge in [0.1, 0.15) is 0 Å². The summed E-state index contributed by atoms with van der Waals surface area (Å²) in [6, 6.07) is 16.6. The summed E-state index contributed by atoms with van der Waals surface area (Å²) >= 11 is 1.47. The third kappa shape index (κ3) is 4.59. The van der Waals surface area contributed by atoms with Gasteiger partial charge in [-0.3, -0.25) is 9.36 Å². The average Bonchev–Trinajstić information content (AvgIpc) is 3.17. The zero-order valence-electron chi connectivity index (χ0n) is 17.8. The highest BCUT2D eigenvalue weighted by Gasteiger charge is 2.22. The molecule has 156 valence electrons. The Hall–Kier alpha value is -2.60. The van der Waals surface area contributed by atoms with Crippen molar-refractivity contribution in [2.24, 2.45) is 5.92 Å². The number of aromatic nitrogens is 3. The van der Waals surface area contributed by atoms with E-state index in [4.69, 9.17) is 0 Å². The average molecular weight is 421 g/mol. The molecular weight excluding hydrogens is 392 g/mol. The van der Waals surface area contributed by atoms with Gasteiger partial charge in [0.25, 0.3) is 0 Å². The molecule has 6 heteroatoms. The Bertz CT molecular complexity index is 1000. The van der Waals surface area contributed by atoms with E-state index in [0.29, 0.717) is 11.7 Å². The van der Waals surface area contributed by atoms with Crippen molar-refractivity contribution in [3.63, 3.8) is 0 Å². The summed E-state index contributed by atoms with van der Waals surface area (Å²) < 4.78 is 2.06. The van der Waals surface area contributed by atoms with Crippen LogP contribution in [0, 0.1) is 19.8 Å². The van der Waals surface area contributed by atoms with Crippen LogP contribution in [0.25, 0.3) is 17.1 Å². The number of nitrogens with zero attached hydrogens (tertiary/aromatic N) is 4. The molecule has 1 amide bonds. The number of likely N-dealkylation sites (tertiary alicyclic amines) is 1. The highest BCUT2D eigenvalue weighted by atomic mass is 32.2. The first kappa shape index (κ1) is 20.7. The zero-order valence-corrected chi connectivity index (χ0v) is 18.7. The van der Waals surface area contributed by atoms with Crippen molar-refractivity contribution in [2.45, 2.75) is 38.8 Å². The van der Waals surface area contributed by atoms with Crippen LogP contribution >= 0.6 is 11.8 Å². The molecule has 0 aliphatic carbocycles. The van der Waals surface area contributed by atoms with Crippen molar-refractivity contribution >= 4 is 17.7 Å². The second-order valence-corrected chi connectivity index (χ2v) is 9.14. The smallest absolute Gasteiger partial charge is 0.233 e. The lowest BCUT2D eigenvalue weighted by Gasteiger charge is -2.30. The van der Waals surface area contributed by atoms with Crippen molar-refractivity contribution < 1.29 is 4.79 Å². The Labute approximate surface area is 182 Å². The van der Waals surface area contributed by atoms with Gasteiger partial charge in [-0.15, -0.1) is 10.2 Å². The molecule has 2 heterocycles. The molecule has 1 fully saturated rings. The van der Waals surface area contributed by atoms with Crippen molar-refractivity contribution in [2.75, 3.05) is 18.8 Å². The number of piperidine rings is 1. The Morgan fingerprint density at radius 2 is 1.57 bits per heavy atom. The summed E-state index contributed by atoms with van der Waals surface area (Å²) in [6.07, 6.45) is 2.18. The van der Waals surface area contributed by atoms with E-state index in [1.807, 2.05) is 4.90 Å². The first-order valence-corrected chi connectivity index (χ1v) is 11.5. The van der Waals surface area contributed by atoms with Crippen LogP contribution < -0.4 is 0 Å². The number of carbonyl (C=O) groups is 1. The molecule has 0 N–H and O–H groups in total. The molecule has 3 aromatic rings. The molecule has 1 aliphatic rings. The summed E-state index contributed by atoms with van der Waals surface area (Å²) in [5.74, 6) is 2.07. The largest absolute Gasteiger partial charge is 0.342 e. The van der Waals surface area contributed by atoms with Crippen LogP contribution in [0.5, 0.6) is 0 Å². The molecule has 0 saturated carbocycles. The van der Waals surface area contributed by atoms with E-state index in [9.17, 15) is 4.79 Å². The van der Waals surface area contributed by atoms with Crippen molar-refractivity contribution in [1.29, 1.82) is 0 Å². The molecule has 4 rings (SSSR count). The van der Waals surface area contributed by atoms with E-state index in [0.717, 1.165) is 48.2 Å². The molecule has 0 atom stereocenters. The number of aryl methyl sites for hydroxylation is 2. The summed E-state index contributed by atoms with van der Waals surface area (Å²) in [6.45, 7) is 8.13. The number of carbonyl (C=O) groups excluding carboxylic acids is 1. The molecule has 1 saturated heterocycles. The maximum atomic E-state index is 12.7. The van der Waals surface area contributed by atoms with Crippen molar-refractivity contribution in [1.82, 2.24) is 19.7 Å². The summed E-state index contributed by atoms with van der Waals surface area (Å²) in [7, 11) is 0. The van der Waals surface area contributed by atoms with Crippen LogP contribution in [0.3, 0.4) is 0 Å². The predicted molar refractivity (Wildman–Crippen MR) is 122 cm³/mol. The van der Waals surface area contributed by atoms with E-state index >= 15 is 0 Å². The summed E-state index contributed by atoms with van der Waals surface area (Å²) in [5, 5.41) is 9.67. The van der Waals surface area contributed by atoms with Gasteiger partial charge in [-0.1, -0.05) is 66.2 Å². The van der Waals surface area contributed by atoms with E-state index < -0.39 is 0 Å². The Kier molecular flexibility index (Phi) is 6.23. The zero-order chi connectivity index (χ0) is 21.1. The summed E-state index contributed by atoms with van der Waals surface area (Å²) in [4.78, 5) is 14.7. The standard InChI is InChI=1S/C24H28N4OS/c1-17-4-8-20(9-5-17)23-25-26-24(28(23)21-10-6-18(2)7-11-21)30-16-22(29)27-14-12-19(3)13-15-27/h4-11,19H,12-16H2,1-3H3. The van der Waals surface area contributed by atoms with Crippen LogP contribution in [-0.2, 0) is 4.79 Å². The maximum absolute atomic E-state index is 12.7. The number of amides is 1. The van der Waals surface area contributed by atoms with Crippen LogP contribution in [0.15, 0.2) is 53.7 Å². The van der Waals surface area contributed by atoms with E-state index in [2.05, 4.69) is 84.1 Å². The lowest BCUT2D eigenvalue weighted by molar-refractivity contribution is -0.129. The van der Waals surface area contributed by atoms with E-state index in [1.54, 1.807) is 0 Å². The quantitative estimate of drug-likeness (QED) is 0.551. The molecule has 1 aromatic heterocycles. The molecule has 0 bridgehead atoms. The number of hydrogen-bond acceptors (Lipinski definition) is 4. The van der Waals surface area contributed by atoms with Gasteiger partial charge in [0.2, 0.25) is 5.91 Å². The molecular formula is C24H28N4OS. The first-order chi connectivity index (χ1) is 14.5.